The Morgan fingerprint density at radius 2 is 1.74 bits per heavy atom. The minimum Gasteiger partial charge on any atom is -0.390 e. The number of alkyl halides is 3. The first-order valence-corrected chi connectivity index (χ1v) is 11.6. The van der Waals surface area contributed by atoms with Crippen molar-refractivity contribution >= 4 is 11.6 Å². The Hall–Kier alpha value is -2.49. The molecule has 0 saturated carbocycles. The lowest BCUT2D eigenvalue weighted by Gasteiger charge is -2.44. The molecule has 2 heterocycles. The van der Waals surface area contributed by atoms with Crippen LogP contribution in [0.1, 0.15) is 37.3 Å². The van der Waals surface area contributed by atoms with E-state index in [-0.39, 0.29) is 44.0 Å². The summed E-state index contributed by atoms with van der Waals surface area (Å²) in [6.07, 6.45) is -3.80. The average molecular weight is 495 g/mol. The number of nitrogens with zero attached hydrogens (tertiary/aromatic N) is 1. The van der Waals surface area contributed by atoms with Crippen molar-refractivity contribution in [2.75, 3.05) is 38.2 Å². The third-order valence-corrected chi connectivity index (χ3v) is 7.13. The number of anilines is 1. The van der Waals surface area contributed by atoms with E-state index in [0.29, 0.717) is 12.1 Å². The number of halogens is 4. The molecule has 9 heteroatoms. The minimum atomic E-state index is -4.29. The van der Waals surface area contributed by atoms with Gasteiger partial charge in [0.05, 0.1) is 25.4 Å². The van der Waals surface area contributed by atoms with Crippen LogP contribution < -0.4 is 5.32 Å². The summed E-state index contributed by atoms with van der Waals surface area (Å²) in [7, 11) is 0. The van der Waals surface area contributed by atoms with Gasteiger partial charge in [-0.25, -0.2) is 4.39 Å². The number of aliphatic hydroxyl groups is 1. The van der Waals surface area contributed by atoms with Crippen LogP contribution in [0.4, 0.5) is 23.2 Å². The number of ether oxygens (including phenoxy) is 1. The SMILES string of the molecule is CC(C)(O)C1CN(CC(F)(F)F)CCC1c1ccc(C2(C(=O)Nc3ccc(F)cc3)COC2)cc1. The smallest absolute Gasteiger partial charge is 0.390 e. The van der Waals surface area contributed by atoms with E-state index in [9.17, 15) is 27.5 Å². The third kappa shape index (κ3) is 5.68. The molecule has 2 aliphatic heterocycles. The van der Waals surface area contributed by atoms with Crippen molar-refractivity contribution in [3.63, 3.8) is 0 Å². The number of piperidine rings is 1. The van der Waals surface area contributed by atoms with E-state index >= 15 is 0 Å². The topological polar surface area (TPSA) is 61.8 Å². The molecule has 0 spiro atoms. The van der Waals surface area contributed by atoms with Gasteiger partial charge in [-0.05, 0) is 68.1 Å². The molecule has 5 nitrogen and oxygen atoms in total. The van der Waals surface area contributed by atoms with Gasteiger partial charge in [0.1, 0.15) is 11.2 Å². The van der Waals surface area contributed by atoms with Crippen LogP contribution >= 0.6 is 0 Å². The molecule has 1 amide bonds. The summed E-state index contributed by atoms with van der Waals surface area (Å²) in [6.45, 7) is 3.14. The van der Waals surface area contributed by atoms with Gasteiger partial charge in [0.25, 0.3) is 0 Å². The minimum absolute atomic E-state index is 0.116. The van der Waals surface area contributed by atoms with Crippen LogP contribution in [0.2, 0.25) is 0 Å². The number of benzene rings is 2. The number of likely N-dealkylation sites (tertiary alicyclic amines) is 1. The molecule has 2 atom stereocenters. The predicted molar refractivity (Wildman–Crippen MR) is 124 cm³/mol. The van der Waals surface area contributed by atoms with Crippen molar-refractivity contribution in [2.45, 2.75) is 43.4 Å². The number of nitrogens with one attached hydrogen (secondary N) is 1. The van der Waals surface area contributed by atoms with Gasteiger partial charge < -0.3 is 15.2 Å². The lowest BCUT2D eigenvalue weighted by atomic mass is 9.71. The summed E-state index contributed by atoms with van der Waals surface area (Å²) in [5.74, 6) is -1.14. The first-order valence-electron chi connectivity index (χ1n) is 11.6. The zero-order chi connectivity index (χ0) is 25.4. The van der Waals surface area contributed by atoms with Crippen LogP contribution in [-0.4, -0.2) is 60.5 Å². The zero-order valence-electron chi connectivity index (χ0n) is 19.7. The molecular weight excluding hydrogens is 464 g/mol. The quantitative estimate of drug-likeness (QED) is 0.582. The van der Waals surface area contributed by atoms with E-state index < -0.39 is 29.6 Å². The Morgan fingerprint density at radius 3 is 2.26 bits per heavy atom. The average Bonchev–Trinajstić information content (AvgIpc) is 2.73. The Kier molecular flexibility index (Phi) is 6.96. The van der Waals surface area contributed by atoms with Gasteiger partial charge in [0.2, 0.25) is 5.91 Å². The highest BCUT2D eigenvalue weighted by Gasteiger charge is 2.48. The van der Waals surface area contributed by atoms with Gasteiger partial charge in [-0.15, -0.1) is 0 Å². The molecule has 2 saturated heterocycles. The first kappa shape index (κ1) is 25.6. The number of rotatable bonds is 6. The second kappa shape index (κ2) is 9.52. The fourth-order valence-electron chi connectivity index (χ4n) is 5.10. The number of carbonyl (C=O) groups is 1. The van der Waals surface area contributed by atoms with E-state index in [0.717, 1.165) is 11.1 Å². The lowest BCUT2D eigenvalue weighted by Crippen LogP contribution is -2.55. The van der Waals surface area contributed by atoms with E-state index in [4.69, 9.17) is 4.74 Å². The second-order valence-corrected chi connectivity index (χ2v) is 10.2. The van der Waals surface area contributed by atoms with E-state index in [1.54, 1.807) is 13.8 Å². The molecule has 4 rings (SSSR count). The van der Waals surface area contributed by atoms with Crippen LogP contribution in [0.3, 0.4) is 0 Å². The monoisotopic (exact) mass is 494 g/mol. The van der Waals surface area contributed by atoms with E-state index in [1.165, 1.54) is 29.2 Å². The molecule has 0 aliphatic carbocycles. The van der Waals surface area contributed by atoms with Gasteiger partial charge >= 0.3 is 6.18 Å². The maximum absolute atomic E-state index is 13.2. The van der Waals surface area contributed by atoms with Crippen molar-refractivity contribution in [3.05, 3.63) is 65.5 Å². The predicted octanol–water partition coefficient (Wildman–Crippen LogP) is 4.47. The molecule has 0 aromatic heterocycles. The molecular formula is C26H30F4N2O3. The van der Waals surface area contributed by atoms with Crippen LogP contribution in [-0.2, 0) is 14.9 Å². The summed E-state index contributed by atoms with van der Waals surface area (Å²) in [5.41, 5.74) is 0.130. The standard InChI is InChI=1S/C26H30F4N2O3/c1-24(2,34)22-13-32(14-26(28,29)30)12-11-21(22)17-3-5-18(6-4-17)25(15-35-16-25)23(33)31-20-9-7-19(27)8-10-20/h3-10,21-22,34H,11-16H2,1-2H3,(H,31,33). The second-order valence-electron chi connectivity index (χ2n) is 10.2. The van der Waals surface area contributed by atoms with Crippen LogP contribution in [0, 0.1) is 11.7 Å². The number of amides is 1. The highest BCUT2D eigenvalue weighted by Crippen LogP contribution is 2.41. The fourth-order valence-corrected chi connectivity index (χ4v) is 5.10. The molecule has 190 valence electrons. The summed E-state index contributed by atoms with van der Waals surface area (Å²) in [6, 6.07) is 13.0. The van der Waals surface area contributed by atoms with Crippen LogP contribution in [0.25, 0.3) is 0 Å². The number of hydrogen-bond acceptors (Lipinski definition) is 4. The highest BCUT2D eigenvalue weighted by molar-refractivity contribution is 6.00. The molecule has 2 unspecified atom stereocenters. The van der Waals surface area contributed by atoms with Crippen molar-refractivity contribution in [3.8, 4) is 0 Å². The van der Waals surface area contributed by atoms with Crippen molar-refractivity contribution < 1.29 is 32.2 Å². The molecule has 2 N–H and O–H groups in total. The molecule has 0 radical (unpaired) electrons. The number of carbonyl (C=O) groups excluding carboxylic acids is 1. The van der Waals surface area contributed by atoms with E-state index in [1.807, 2.05) is 24.3 Å². The van der Waals surface area contributed by atoms with Gasteiger partial charge in [0, 0.05) is 18.2 Å². The van der Waals surface area contributed by atoms with Gasteiger partial charge in [-0.3, -0.25) is 9.69 Å². The zero-order valence-corrected chi connectivity index (χ0v) is 19.7. The third-order valence-electron chi connectivity index (χ3n) is 7.13. The van der Waals surface area contributed by atoms with Crippen LogP contribution in [0.15, 0.2) is 48.5 Å². The van der Waals surface area contributed by atoms with Crippen LogP contribution in [0.5, 0.6) is 0 Å². The van der Waals surface area contributed by atoms with Crippen molar-refractivity contribution in [1.82, 2.24) is 4.90 Å². The summed E-state index contributed by atoms with van der Waals surface area (Å²) in [5, 5.41) is 13.6. The lowest BCUT2D eigenvalue weighted by molar-refractivity contribution is -0.155. The molecule has 2 fully saturated rings. The Morgan fingerprint density at radius 1 is 1.11 bits per heavy atom. The Bertz CT molecular complexity index is 1030. The number of hydrogen-bond donors (Lipinski definition) is 2. The molecule has 2 aromatic rings. The summed E-state index contributed by atoms with van der Waals surface area (Å²) >= 11 is 0. The van der Waals surface area contributed by atoms with Crippen molar-refractivity contribution in [1.29, 1.82) is 0 Å². The van der Waals surface area contributed by atoms with E-state index in [2.05, 4.69) is 5.32 Å². The maximum Gasteiger partial charge on any atom is 0.401 e. The molecule has 0 bridgehead atoms. The largest absolute Gasteiger partial charge is 0.401 e. The van der Waals surface area contributed by atoms with Gasteiger partial charge in [0.15, 0.2) is 0 Å². The Balaban J connectivity index is 1.52. The normalized spacial score (nSPS) is 22.9. The molecule has 2 aromatic carbocycles. The first-order chi connectivity index (χ1) is 16.4. The fraction of sp³-hybridized carbons (Fsp3) is 0.500. The summed E-state index contributed by atoms with van der Waals surface area (Å²) in [4.78, 5) is 14.5. The van der Waals surface area contributed by atoms with Gasteiger partial charge in [-0.1, -0.05) is 24.3 Å². The van der Waals surface area contributed by atoms with Crippen molar-refractivity contribution in [2.24, 2.45) is 5.92 Å². The summed E-state index contributed by atoms with van der Waals surface area (Å²) < 4.78 is 57.4. The Labute approximate surface area is 202 Å². The maximum atomic E-state index is 13.2. The van der Waals surface area contributed by atoms with Gasteiger partial charge in [-0.2, -0.15) is 13.2 Å². The molecule has 35 heavy (non-hydrogen) atoms. The highest BCUT2D eigenvalue weighted by atomic mass is 19.4. The molecule has 2 aliphatic rings.